The first-order chi connectivity index (χ1) is 10.7. The minimum atomic E-state index is -4.36. The molecular formula is C16H16F3NO2S. The van der Waals surface area contributed by atoms with Gasteiger partial charge in [0.2, 0.25) is 0 Å². The Kier molecular flexibility index (Phi) is 5.09. The number of alkyl halides is 3. The maximum absolute atomic E-state index is 12.4. The standard InChI is InChI=1S/C16H16F3NO2S/c1-3-20(9-8-16(17,18)19)15(22)13(21)14-10(2)11-6-4-5-7-12(11)23-14/h4-7H,3,8-9H2,1-2H3. The molecule has 0 spiro atoms. The number of ketones is 1. The molecule has 0 atom stereocenters. The van der Waals surface area contributed by atoms with Crippen molar-refractivity contribution in [3.05, 3.63) is 34.7 Å². The van der Waals surface area contributed by atoms with Crippen molar-refractivity contribution in [3.8, 4) is 0 Å². The number of aryl methyl sites for hydroxylation is 1. The third-order valence-corrected chi connectivity index (χ3v) is 4.85. The highest BCUT2D eigenvalue weighted by Gasteiger charge is 2.31. The van der Waals surface area contributed by atoms with Gasteiger partial charge in [-0.05, 0) is 30.9 Å². The Hall–Kier alpha value is -1.89. The molecule has 0 saturated carbocycles. The number of carbonyl (C=O) groups excluding carboxylic acids is 2. The highest BCUT2D eigenvalue weighted by molar-refractivity contribution is 7.21. The number of Topliss-reactive ketones (excluding diaryl/α,β-unsaturated/α-hetero) is 1. The van der Waals surface area contributed by atoms with Crippen LogP contribution >= 0.6 is 11.3 Å². The number of rotatable bonds is 5. The second kappa shape index (κ2) is 6.70. The number of fused-ring (bicyclic) bond motifs is 1. The molecule has 23 heavy (non-hydrogen) atoms. The van der Waals surface area contributed by atoms with Gasteiger partial charge in [0.25, 0.3) is 11.7 Å². The average Bonchev–Trinajstić information content (AvgIpc) is 2.83. The minimum Gasteiger partial charge on any atom is -0.336 e. The molecule has 1 aromatic heterocycles. The average molecular weight is 343 g/mol. The molecule has 0 bridgehead atoms. The van der Waals surface area contributed by atoms with E-state index in [0.29, 0.717) is 10.4 Å². The quantitative estimate of drug-likeness (QED) is 0.603. The van der Waals surface area contributed by atoms with Crippen molar-refractivity contribution >= 4 is 33.1 Å². The maximum atomic E-state index is 12.4. The Balaban J connectivity index is 2.23. The summed E-state index contributed by atoms with van der Waals surface area (Å²) in [7, 11) is 0. The van der Waals surface area contributed by atoms with Gasteiger partial charge in [-0.3, -0.25) is 9.59 Å². The van der Waals surface area contributed by atoms with E-state index in [2.05, 4.69) is 0 Å². The number of benzene rings is 1. The molecule has 0 aliphatic rings. The molecular weight excluding hydrogens is 327 g/mol. The highest BCUT2D eigenvalue weighted by Crippen LogP contribution is 2.31. The van der Waals surface area contributed by atoms with Gasteiger partial charge in [-0.2, -0.15) is 13.2 Å². The smallest absolute Gasteiger partial charge is 0.336 e. The van der Waals surface area contributed by atoms with Gasteiger partial charge in [0.1, 0.15) is 0 Å². The number of nitrogens with zero attached hydrogens (tertiary/aromatic N) is 1. The molecule has 7 heteroatoms. The molecule has 124 valence electrons. The largest absolute Gasteiger partial charge is 0.390 e. The van der Waals surface area contributed by atoms with E-state index in [1.165, 1.54) is 11.3 Å². The summed E-state index contributed by atoms with van der Waals surface area (Å²) in [6.07, 6.45) is -5.48. The Labute approximate surface area is 135 Å². The molecule has 0 fully saturated rings. The monoisotopic (exact) mass is 343 g/mol. The fourth-order valence-corrected chi connectivity index (χ4v) is 3.44. The van der Waals surface area contributed by atoms with Crippen molar-refractivity contribution in [2.45, 2.75) is 26.4 Å². The van der Waals surface area contributed by atoms with Gasteiger partial charge in [-0.25, -0.2) is 0 Å². The van der Waals surface area contributed by atoms with E-state index in [0.717, 1.165) is 15.0 Å². The molecule has 2 aromatic rings. The fraction of sp³-hybridized carbons (Fsp3) is 0.375. The van der Waals surface area contributed by atoms with Gasteiger partial charge in [0.05, 0.1) is 11.3 Å². The van der Waals surface area contributed by atoms with E-state index in [4.69, 9.17) is 0 Å². The van der Waals surface area contributed by atoms with Crippen molar-refractivity contribution in [1.82, 2.24) is 4.90 Å². The molecule has 1 amide bonds. The Morgan fingerprint density at radius 2 is 1.87 bits per heavy atom. The summed E-state index contributed by atoms with van der Waals surface area (Å²) >= 11 is 1.19. The predicted molar refractivity (Wildman–Crippen MR) is 83.8 cm³/mol. The van der Waals surface area contributed by atoms with Gasteiger partial charge in [-0.1, -0.05) is 18.2 Å². The number of hydrogen-bond donors (Lipinski definition) is 0. The molecule has 3 nitrogen and oxygen atoms in total. The molecule has 0 radical (unpaired) electrons. The van der Waals surface area contributed by atoms with Crippen LogP contribution in [-0.2, 0) is 4.79 Å². The zero-order valence-electron chi connectivity index (χ0n) is 12.7. The van der Waals surface area contributed by atoms with Gasteiger partial charge in [0.15, 0.2) is 0 Å². The molecule has 2 rings (SSSR count). The van der Waals surface area contributed by atoms with Gasteiger partial charge in [0, 0.05) is 17.8 Å². The highest BCUT2D eigenvalue weighted by atomic mass is 32.1. The van der Waals surface area contributed by atoms with Crippen molar-refractivity contribution < 1.29 is 22.8 Å². The third-order valence-electron chi connectivity index (χ3n) is 3.58. The fourth-order valence-electron chi connectivity index (χ4n) is 2.30. The number of likely N-dealkylation sites (N-methyl/N-ethyl adjacent to an activating group) is 1. The SMILES string of the molecule is CCN(CCC(F)(F)F)C(=O)C(=O)c1sc2ccccc2c1C. The summed E-state index contributed by atoms with van der Waals surface area (Å²) in [5, 5.41) is 0.881. The van der Waals surface area contributed by atoms with E-state index < -0.39 is 30.8 Å². The summed E-state index contributed by atoms with van der Waals surface area (Å²) in [5.74, 6) is -1.63. The van der Waals surface area contributed by atoms with Crippen LogP contribution in [-0.4, -0.2) is 35.9 Å². The number of carbonyl (C=O) groups is 2. The lowest BCUT2D eigenvalue weighted by molar-refractivity contribution is -0.143. The van der Waals surface area contributed by atoms with E-state index >= 15 is 0 Å². The summed E-state index contributed by atoms with van der Waals surface area (Å²) in [6.45, 7) is 2.85. The Morgan fingerprint density at radius 1 is 1.22 bits per heavy atom. The lowest BCUT2D eigenvalue weighted by Crippen LogP contribution is -2.38. The van der Waals surface area contributed by atoms with Gasteiger partial charge < -0.3 is 4.90 Å². The first-order valence-corrected chi connectivity index (χ1v) is 7.94. The summed E-state index contributed by atoms with van der Waals surface area (Å²) in [5.41, 5.74) is 0.691. The summed E-state index contributed by atoms with van der Waals surface area (Å²) < 4.78 is 37.8. The van der Waals surface area contributed by atoms with Gasteiger partial charge >= 0.3 is 6.18 Å². The van der Waals surface area contributed by atoms with Crippen LogP contribution in [0.5, 0.6) is 0 Å². The van der Waals surface area contributed by atoms with E-state index in [1.807, 2.05) is 24.3 Å². The molecule has 0 N–H and O–H groups in total. The summed E-state index contributed by atoms with van der Waals surface area (Å²) in [6, 6.07) is 7.36. The van der Waals surface area contributed by atoms with Crippen LogP contribution in [0.4, 0.5) is 13.2 Å². The van der Waals surface area contributed by atoms with E-state index in [1.54, 1.807) is 13.8 Å². The third kappa shape index (κ3) is 3.90. The number of halogens is 3. The first kappa shape index (κ1) is 17.5. The van der Waals surface area contributed by atoms with Crippen LogP contribution in [0.15, 0.2) is 24.3 Å². The zero-order chi connectivity index (χ0) is 17.2. The zero-order valence-corrected chi connectivity index (χ0v) is 13.6. The van der Waals surface area contributed by atoms with Crippen molar-refractivity contribution in [1.29, 1.82) is 0 Å². The van der Waals surface area contributed by atoms with Gasteiger partial charge in [-0.15, -0.1) is 11.3 Å². The maximum Gasteiger partial charge on any atom is 0.390 e. The lowest BCUT2D eigenvalue weighted by Gasteiger charge is -2.20. The predicted octanol–water partition coefficient (Wildman–Crippen LogP) is 4.19. The first-order valence-electron chi connectivity index (χ1n) is 7.13. The molecule has 1 aromatic carbocycles. The van der Waals surface area contributed by atoms with Crippen LogP contribution in [0.2, 0.25) is 0 Å². The number of amides is 1. The van der Waals surface area contributed by atoms with Crippen LogP contribution in [0.3, 0.4) is 0 Å². The molecule has 0 saturated heterocycles. The van der Waals surface area contributed by atoms with Crippen LogP contribution in [0.1, 0.15) is 28.6 Å². The van der Waals surface area contributed by atoms with E-state index in [9.17, 15) is 22.8 Å². The number of thiophene rings is 1. The second-order valence-corrected chi connectivity index (χ2v) is 6.18. The molecule has 0 unspecified atom stereocenters. The van der Waals surface area contributed by atoms with Crippen LogP contribution in [0.25, 0.3) is 10.1 Å². The number of hydrogen-bond acceptors (Lipinski definition) is 3. The normalized spacial score (nSPS) is 11.7. The van der Waals surface area contributed by atoms with Crippen LogP contribution < -0.4 is 0 Å². The van der Waals surface area contributed by atoms with E-state index in [-0.39, 0.29) is 6.54 Å². The molecule has 0 aliphatic heterocycles. The summed E-state index contributed by atoms with van der Waals surface area (Å²) in [4.78, 5) is 25.9. The van der Waals surface area contributed by atoms with Crippen molar-refractivity contribution in [3.63, 3.8) is 0 Å². The van der Waals surface area contributed by atoms with Crippen molar-refractivity contribution in [2.75, 3.05) is 13.1 Å². The topological polar surface area (TPSA) is 37.4 Å². The van der Waals surface area contributed by atoms with Crippen LogP contribution in [0, 0.1) is 6.92 Å². The Morgan fingerprint density at radius 3 is 2.43 bits per heavy atom. The lowest BCUT2D eigenvalue weighted by atomic mass is 10.1. The van der Waals surface area contributed by atoms with Crippen molar-refractivity contribution in [2.24, 2.45) is 0 Å². The molecule has 0 aliphatic carbocycles. The Bertz CT molecular complexity index is 736. The second-order valence-electron chi connectivity index (χ2n) is 5.13. The minimum absolute atomic E-state index is 0.0601. The molecule has 1 heterocycles.